The normalized spacial score (nSPS) is 15.8. The fourth-order valence-electron chi connectivity index (χ4n) is 4.58. The van der Waals surface area contributed by atoms with Crippen molar-refractivity contribution in [2.45, 2.75) is 111 Å². The van der Waals surface area contributed by atoms with Gasteiger partial charge in [0.05, 0.1) is 50.9 Å². The summed E-state index contributed by atoms with van der Waals surface area (Å²) in [6, 6.07) is 0. The number of carbonyl (C=O) groups is 7. The number of aromatic nitrogens is 2. The lowest BCUT2D eigenvalue weighted by Crippen LogP contribution is -2.54. The van der Waals surface area contributed by atoms with Crippen LogP contribution >= 0.6 is 11.7 Å². The van der Waals surface area contributed by atoms with E-state index in [4.69, 9.17) is 37.9 Å². The Labute approximate surface area is 312 Å². The van der Waals surface area contributed by atoms with Gasteiger partial charge in [-0.05, 0) is 55.4 Å². The maximum atomic E-state index is 13.8. The molecule has 53 heavy (non-hydrogen) atoms. The molecular weight excluding hydrogens is 724 g/mol. The lowest BCUT2D eigenvalue weighted by atomic mass is 10.0. The van der Waals surface area contributed by atoms with Crippen LogP contribution < -0.4 is 9.64 Å². The summed E-state index contributed by atoms with van der Waals surface area (Å²) >= 11 is 0.938. The lowest BCUT2D eigenvalue weighted by Gasteiger charge is -2.39. The number of morpholine rings is 1. The second kappa shape index (κ2) is 21.2. The molecule has 2 heterocycles. The Morgan fingerprint density at radius 2 is 1.32 bits per heavy atom. The van der Waals surface area contributed by atoms with Crippen LogP contribution in [0, 0.1) is 0 Å². The minimum atomic E-state index is -1.51. The van der Waals surface area contributed by atoms with Gasteiger partial charge in [0.15, 0.2) is 30.5 Å². The predicted molar refractivity (Wildman–Crippen MR) is 184 cm³/mol. The smallest absolute Gasteiger partial charge is 0.347 e. The molecule has 1 saturated heterocycles. The molecule has 1 fully saturated rings. The third-order valence-electron chi connectivity index (χ3n) is 7.32. The Hall–Kier alpha value is -4.59. The van der Waals surface area contributed by atoms with Gasteiger partial charge >= 0.3 is 35.8 Å². The van der Waals surface area contributed by atoms with Gasteiger partial charge in [-0.2, -0.15) is 4.37 Å². The van der Waals surface area contributed by atoms with Gasteiger partial charge in [-0.3, -0.25) is 19.2 Å². The van der Waals surface area contributed by atoms with Crippen LogP contribution in [0.3, 0.4) is 0 Å². The van der Waals surface area contributed by atoms with E-state index in [-0.39, 0.29) is 38.5 Å². The molecule has 1 aliphatic heterocycles. The van der Waals surface area contributed by atoms with E-state index in [0.29, 0.717) is 32.1 Å². The zero-order valence-corrected chi connectivity index (χ0v) is 32.4. The molecule has 298 valence electrons. The largest absolute Gasteiger partial charge is 0.470 e. The van der Waals surface area contributed by atoms with Crippen LogP contribution in [0.15, 0.2) is 0 Å². The third-order valence-corrected chi connectivity index (χ3v) is 7.82. The number of amides is 1. The SMILES string of the molecule is CCOC(=O)CCC(=O)O[C@H](COc1nsnc1N1CCOCC1)CN(C(=O)[C@H](C)OC(=O)[C@H](C)OC(=O)[C@H](C)OC(=O)[C@H](C)OC(C)=O)C(C)(C)C. The molecule has 0 aliphatic carbocycles. The first-order chi connectivity index (χ1) is 24.8. The van der Waals surface area contributed by atoms with Crippen molar-refractivity contribution in [3.05, 3.63) is 0 Å². The van der Waals surface area contributed by atoms with Gasteiger partial charge in [-0.25, -0.2) is 14.4 Å². The van der Waals surface area contributed by atoms with E-state index in [9.17, 15) is 33.6 Å². The maximum Gasteiger partial charge on any atom is 0.347 e. The van der Waals surface area contributed by atoms with Crippen molar-refractivity contribution in [1.82, 2.24) is 13.6 Å². The summed E-state index contributed by atoms with van der Waals surface area (Å²) in [4.78, 5) is 90.4. The van der Waals surface area contributed by atoms with Crippen molar-refractivity contribution in [2.75, 3.05) is 51.0 Å². The standard InChI is InChI=1S/C33H50N4O15S/c1-10-46-25(39)11-12-26(40)52-24(18-47-28-27(34-53-35-28)36-13-15-45-16-14-36)17-37(33(7,8)9)29(41)19(2)49-31(43)21(4)51-32(44)22(5)50-30(42)20(3)48-23(6)38/h19-22,24H,10-18H2,1-9H3/t19-,20-,21-,22-,24-/m0/s1. The molecule has 1 aromatic rings. The highest BCUT2D eigenvalue weighted by atomic mass is 32.1. The molecule has 0 N–H and O–H groups in total. The van der Waals surface area contributed by atoms with Crippen molar-refractivity contribution < 1.29 is 71.5 Å². The Kier molecular flexibility index (Phi) is 17.8. The number of ether oxygens (including phenoxy) is 8. The summed E-state index contributed by atoms with van der Waals surface area (Å²) in [5, 5.41) is 0. The second-order valence-corrected chi connectivity index (χ2v) is 13.4. The maximum absolute atomic E-state index is 13.8. The molecule has 0 aromatic carbocycles. The summed E-state index contributed by atoms with van der Waals surface area (Å²) in [5.74, 6) is -5.19. The average Bonchev–Trinajstić information content (AvgIpc) is 3.56. The number of rotatable bonds is 19. The molecule has 1 amide bonds. The third kappa shape index (κ3) is 15.1. The van der Waals surface area contributed by atoms with E-state index in [0.717, 1.165) is 18.7 Å². The van der Waals surface area contributed by atoms with Crippen LogP contribution in [0.5, 0.6) is 5.88 Å². The number of hydrogen-bond acceptors (Lipinski definition) is 19. The molecule has 0 spiro atoms. The first-order valence-corrected chi connectivity index (χ1v) is 17.8. The zero-order chi connectivity index (χ0) is 39.9. The molecule has 1 aliphatic rings. The molecule has 19 nitrogen and oxygen atoms in total. The molecule has 0 unspecified atom stereocenters. The van der Waals surface area contributed by atoms with Gasteiger partial charge in [0.1, 0.15) is 6.61 Å². The van der Waals surface area contributed by atoms with Crippen molar-refractivity contribution >= 4 is 59.3 Å². The second-order valence-electron chi connectivity index (χ2n) is 12.8. The molecule has 5 atom stereocenters. The molecule has 0 saturated carbocycles. The first kappa shape index (κ1) is 44.6. The van der Waals surface area contributed by atoms with Crippen molar-refractivity contribution in [1.29, 1.82) is 0 Å². The number of esters is 6. The number of anilines is 1. The van der Waals surface area contributed by atoms with E-state index in [2.05, 4.69) is 8.75 Å². The summed E-state index contributed by atoms with van der Waals surface area (Å²) in [6.45, 7) is 14.7. The predicted octanol–water partition coefficient (Wildman–Crippen LogP) is 1.38. The quantitative estimate of drug-likeness (QED) is 0.143. The average molecular weight is 775 g/mol. The minimum absolute atomic E-state index is 0.150. The topological polar surface area (TPSA) is 226 Å². The first-order valence-electron chi connectivity index (χ1n) is 17.1. The molecule has 2 rings (SSSR count). The Bertz CT molecular complexity index is 1430. The number of carbonyl (C=O) groups excluding carboxylic acids is 7. The van der Waals surface area contributed by atoms with Gasteiger partial charge in [0.25, 0.3) is 11.8 Å². The van der Waals surface area contributed by atoms with Crippen LogP contribution in [0.2, 0.25) is 0 Å². The molecule has 1 aromatic heterocycles. The van der Waals surface area contributed by atoms with Crippen LogP contribution in [-0.4, -0.2) is 137 Å². The summed E-state index contributed by atoms with van der Waals surface area (Å²) in [5.41, 5.74) is -0.908. The van der Waals surface area contributed by atoms with Crippen molar-refractivity contribution in [3.63, 3.8) is 0 Å². The van der Waals surface area contributed by atoms with E-state index < -0.39 is 77.8 Å². The number of nitrogens with zero attached hydrogens (tertiary/aromatic N) is 4. The van der Waals surface area contributed by atoms with Gasteiger partial charge < -0.3 is 47.7 Å². The van der Waals surface area contributed by atoms with E-state index in [1.54, 1.807) is 27.7 Å². The van der Waals surface area contributed by atoms with E-state index in [1.807, 2.05) is 4.90 Å². The molecular formula is C33H50N4O15S. The fraction of sp³-hybridized carbons (Fsp3) is 0.727. The number of hydrogen-bond donors (Lipinski definition) is 0. The Morgan fingerprint density at radius 3 is 1.85 bits per heavy atom. The van der Waals surface area contributed by atoms with Crippen LogP contribution in [-0.2, 0) is 66.7 Å². The highest BCUT2D eigenvalue weighted by Gasteiger charge is 2.36. The highest BCUT2D eigenvalue weighted by molar-refractivity contribution is 6.99. The fourth-order valence-corrected chi connectivity index (χ4v) is 5.10. The summed E-state index contributed by atoms with van der Waals surface area (Å²) in [7, 11) is 0. The van der Waals surface area contributed by atoms with Crippen LogP contribution in [0.25, 0.3) is 0 Å². The van der Waals surface area contributed by atoms with E-state index >= 15 is 0 Å². The molecule has 20 heteroatoms. The van der Waals surface area contributed by atoms with Gasteiger partial charge in [0.2, 0.25) is 5.82 Å². The summed E-state index contributed by atoms with van der Waals surface area (Å²) in [6.07, 6.45) is -7.24. The van der Waals surface area contributed by atoms with E-state index in [1.165, 1.54) is 32.6 Å². The summed E-state index contributed by atoms with van der Waals surface area (Å²) < 4.78 is 50.6. The zero-order valence-electron chi connectivity index (χ0n) is 31.6. The van der Waals surface area contributed by atoms with Crippen molar-refractivity contribution in [2.24, 2.45) is 0 Å². The lowest BCUT2D eigenvalue weighted by molar-refractivity contribution is -0.184. The molecule has 0 bridgehead atoms. The van der Waals surface area contributed by atoms with Crippen molar-refractivity contribution in [3.8, 4) is 5.88 Å². The highest BCUT2D eigenvalue weighted by Crippen LogP contribution is 2.27. The molecule has 0 radical (unpaired) electrons. The Morgan fingerprint density at radius 1 is 0.792 bits per heavy atom. The minimum Gasteiger partial charge on any atom is -0.470 e. The Balaban J connectivity index is 2.14. The monoisotopic (exact) mass is 774 g/mol. The van der Waals surface area contributed by atoms with Gasteiger partial charge in [-0.15, -0.1) is 4.37 Å². The van der Waals surface area contributed by atoms with Gasteiger partial charge in [-0.1, -0.05) is 0 Å². The van der Waals surface area contributed by atoms with Gasteiger partial charge in [0, 0.05) is 25.6 Å². The van der Waals surface area contributed by atoms with Crippen LogP contribution in [0.1, 0.15) is 75.2 Å². The van der Waals surface area contributed by atoms with Crippen LogP contribution in [0.4, 0.5) is 5.82 Å².